The van der Waals surface area contributed by atoms with Gasteiger partial charge in [-0.1, -0.05) is 15.9 Å². The number of piperidine rings is 1. The lowest BCUT2D eigenvalue weighted by atomic mass is 9.98. The molecule has 20 heavy (non-hydrogen) atoms. The highest BCUT2D eigenvalue weighted by molar-refractivity contribution is 9.10. The van der Waals surface area contributed by atoms with Gasteiger partial charge in [0, 0.05) is 16.7 Å². The molecule has 0 radical (unpaired) electrons. The molecule has 1 saturated heterocycles. The quantitative estimate of drug-likeness (QED) is 0.865. The summed E-state index contributed by atoms with van der Waals surface area (Å²) in [5, 5.41) is 6.14. The third kappa shape index (κ3) is 5.23. The summed E-state index contributed by atoms with van der Waals surface area (Å²) in [6, 6.07) is 7.61. The number of anilines is 1. The predicted octanol–water partition coefficient (Wildman–Crippen LogP) is 2.32. The molecule has 2 N–H and O–H groups in total. The van der Waals surface area contributed by atoms with Crippen LogP contribution in [-0.2, 0) is 4.79 Å². The molecule has 1 aromatic rings. The first kappa shape index (κ1) is 15.5. The maximum absolute atomic E-state index is 11.8. The fraction of sp³-hybridized carbons (Fsp3) is 0.533. The van der Waals surface area contributed by atoms with Crippen LogP contribution in [0.4, 0.5) is 5.69 Å². The first-order valence-electron chi connectivity index (χ1n) is 7.08. The van der Waals surface area contributed by atoms with Crippen LogP contribution < -0.4 is 10.6 Å². The zero-order valence-electron chi connectivity index (χ0n) is 11.9. The first-order valence-corrected chi connectivity index (χ1v) is 7.87. The van der Waals surface area contributed by atoms with Gasteiger partial charge in [0.15, 0.2) is 0 Å². The molecule has 1 aromatic carbocycles. The molecule has 0 saturated carbocycles. The fourth-order valence-electron chi connectivity index (χ4n) is 2.57. The number of nitrogens with zero attached hydrogens (tertiary/aromatic N) is 1. The molecule has 110 valence electrons. The lowest BCUT2D eigenvalue weighted by Gasteiger charge is -2.29. The van der Waals surface area contributed by atoms with Gasteiger partial charge in [-0.25, -0.2) is 0 Å². The van der Waals surface area contributed by atoms with E-state index in [0.717, 1.165) is 23.2 Å². The Morgan fingerprint density at radius 1 is 1.40 bits per heavy atom. The number of likely N-dealkylation sites (tertiary alicyclic amines) is 1. The number of benzene rings is 1. The van der Waals surface area contributed by atoms with E-state index in [1.54, 1.807) is 0 Å². The highest BCUT2D eigenvalue weighted by atomic mass is 79.9. The SMILES string of the molecule is CN1CCCC(CNCC(=O)Nc2ccc(Br)cc2)C1. The summed E-state index contributed by atoms with van der Waals surface area (Å²) in [5.41, 5.74) is 0.831. The fourth-order valence-corrected chi connectivity index (χ4v) is 2.83. The molecule has 1 fully saturated rings. The van der Waals surface area contributed by atoms with Gasteiger partial charge >= 0.3 is 0 Å². The second-order valence-electron chi connectivity index (χ2n) is 5.46. The minimum atomic E-state index is 0.0106. The third-order valence-corrected chi connectivity index (χ3v) is 4.10. The minimum absolute atomic E-state index is 0.0106. The second kappa shape index (κ2) is 7.76. The largest absolute Gasteiger partial charge is 0.325 e. The summed E-state index contributed by atoms with van der Waals surface area (Å²) in [5.74, 6) is 0.672. The monoisotopic (exact) mass is 339 g/mol. The zero-order valence-corrected chi connectivity index (χ0v) is 13.4. The molecule has 4 nitrogen and oxygen atoms in total. The van der Waals surface area contributed by atoms with E-state index in [1.807, 2.05) is 24.3 Å². The van der Waals surface area contributed by atoms with Crippen molar-refractivity contribution in [1.82, 2.24) is 10.2 Å². The highest BCUT2D eigenvalue weighted by Gasteiger charge is 2.16. The Bertz CT molecular complexity index is 435. The molecule has 0 aromatic heterocycles. The number of rotatable bonds is 5. The molecule has 0 aliphatic carbocycles. The van der Waals surface area contributed by atoms with Crippen LogP contribution >= 0.6 is 15.9 Å². The topological polar surface area (TPSA) is 44.4 Å². The molecule has 0 spiro atoms. The van der Waals surface area contributed by atoms with Crippen molar-refractivity contribution in [2.75, 3.05) is 38.5 Å². The van der Waals surface area contributed by atoms with Crippen molar-refractivity contribution in [3.8, 4) is 0 Å². The van der Waals surface area contributed by atoms with Gasteiger partial charge in [-0.3, -0.25) is 4.79 Å². The number of hydrogen-bond donors (Lipinski definition) is 2. The molecule has 2 rings (SSSR count). The van der Waals surface area contributed by atoms with Crippen molar-refractivity contribution in [3.05, 3.63) is 28.7 Å². The van der Waals surface area contributed by atoms with Gasteiger partial charge in [-0.15, -0.1) is 0 Å². The van der Waals surface area contributed by atoms with Gasteiger partial charge in [0.05, 0.1) is 6.54 Å². The van der Waals surface area contributed by atoms with Crippen LogP contribution in [0.25, 0.3) is 0 Å². The number of hydrogen-bond acceptors (Lipinski definition) is 3. The number of amides is 1. The van der Waals surface area contributed by atoms with Crippen LogP contribution in [0.2, 0.25) is 0 Å². The van der Waals surface area contributed by atoms with Crippen LogP contribution in [0.3, 0.4) is 0 Å². The molecular formula is C15H22BrN3O. The molecule has 5 heteroatoms. The van der Waals surface area contributed by atoms with Crippen molar-refractivity contribution >= 4 is 27.5 Å². The normalized spacial score (nSPS) is 19.8. The smallest absolute Gasteiger partial charge is 0.238 e. The van der Waals surface area contributed by atoms with E-state index >= 15 is 0 Å². The highest BCUT2D eigenvalue weighted by Crippen LogP contribution is 2.14. The van der Waals surface area contributed by atoms with Gasteiger partial charge in [0.1, 0.15) is 0 Å². The Hall–Kier alpha value is -0.910. The maximum atomic E-state index is 11.8. The van der Waals surface area contributed by atoms with E-state index in [-0.39, 0.29) is 5.91 Å². The van der Waals surface area contributed by atoms with Crippen molar-refractivity contribution in [2.45, 2.75) is 12.8 Å². The number of carbonyl (C=O) groups excluding carboxylic acids is 1. The standard InChI is InChI=1S/C15H22BrN3O/c1-19-8-2-3-12(11-19)9-17-10-15(20)18-14-6-4-13(16)5-7-14/h4-7,12,17H,2-3,8-11H2,1H3,(H,18,20). The van der Waals surface area contributed by atoms with E-state index in [4.69, 9.17) is 0 Å². The van der Waals surface area contributed by atoms with E-state index in [9.17, 15) is 4.79 Å². The Labute approximate surface area is 129 Å². The summed E-state index contributed by atoms with van der Waals surface area (Å²) in [6.07, 6.45) is 2.51. The third-order valence-electron chi connectivity index (χ3n) is 3.57. The van der Waals surface area contributed by atoms with Crippen LogP contribution in [0.5, 0.6) is 0 Å². The molecule has 1 unspecified atom stereocenters. The average Bonchev–Trinajstić information content (AvgIpc) is 2.41. The average molecular weight is 340 g/mol. The molecule has 1 aliphatic rings. The molecule has 0 bridgehead atoms. The van der Waals surface area contributed by atoms with Crippen molar-refractivity contribution in [3.63, 3.8) is 0 Å². The van der Waals surface area contributed by atoms with E-state index in [0.29, 0.717) is 12.5 Å². The van der Waals surface area contributed by atoms with Crippen LogP contribution in [0.1, 0.15) is 12.8 Å². The second-order valence-corrected chi connectivity index (χ2v) is 6.37. The number of nitrogens with one attached hydrogen (secondary N) is 2. The van der Waals surface area contributed by atoms with Gasteiger partial charge in [0.25, 0.3) is 0 Å². The van der Waals surface area contributed by atoms with Crippen molar-refractivity contribution < 1.29 is 4.79 Å². The lowest BCUT2D eigenvalue weighted by molar-refractivity contribution is -0.115. The van der Waals surface area contributed by atoms with Gasteiger partial charge in [0.2, 0.25) is 5.91 Å². The molecule has 1 heterocycles. The minimum Gasteiger partial charge on any atom is -0.325 e. The number of halogens is 1. The number of carbonyl (C=O) groups is 1. The van der Waals surface area contributed by atoms with Gasteiger partial charge < -0.3 is 15.5 Å². The zero-order chi connectivity index (χ0) is 14.4. The van der Waals surface area contributed by atoms with E-state index in [2.05, 4.69) is 38.5 Å². The van der Waals surface area contributed by atoms with Crippen LogP contribution in [-0.4, -0.2) is 44.0 Å². The lowest BCUT2D eigenvalue weighted by Crippen LogP contribution is -2.39. The summed E-state index contributed by atoms with van der Waals surface area (Å²) >= 11 is 3.37. The van der Waals surface area contributed by atoms with Crippen molar-refractivity contribution in [1.29, 1.82) is 0 Å². The maximum Gasteiger partial charge on any atom is 0.238 e. The van der Waals surface area contributed by atoms with Crippen LogP contribution in [0.15, 0.2) is 28.7 Å². The van der Waals surface area contributed by atoms with Gasteiger partial charge in [-0.2, -0.15) is 0 Å². The van der Waals surface area contributed by atoms with Crippen LogP contribution in [0, 0.1) is 5.92 Å². The van der Waals surface area contributed by atoms with E-state index < -0.39 is 0 Å². The summed E-state index contributed by atoms with van der Waals surface area (Å²) < 4.78 is 1.01. The first-order chi connectivity index (χ1) is 9.63. The summed E-state index contributed by atoms with van der Waals surface area (Å²) in [4.78, 5) is 14.2. The molecule has 1 aliphatic heterocycles. The Morgan fingerprint density at radius 3 is 2.85 bits per heavy atom. The molecule has 1 amide bonds. The Morgan fingerprint density at radius 2 is 2.15 bits per heavy atom. The Balaban J connectivity index is 1.66. The summed E-state index contributed by atoms with van der Waals surface area (Å²) in [7, 11) is 2.16. The van der Waals surface area contributed by atoms with E-state index in [1.165, 1.54) is 19.4 Å². The Kier molecular flexibility index (Phi) is 6.01. The van der Waals surface area contributed by atoms with Gasteiger partial charge in [-0.05, 0) is 63.2 Å². The molecule has 1 atom stereocenters. The predicted molar refractivity (Wildman–Crippen MR) is 85.9 cm³/mol. The van der Waals surface area contributed by atoms with Crippen molar-refractivity contribution in [2.24, 2.45) is 5.92 Å². The molecular weight excluding hydrogens is 318 g/mol. The summed E-state index contributed by atoms with van der Waals surface area (Å²) in [6.45, 7) is 3.61.